The number of nitrogens with zero attached hydrogens (tertiary/aromatic N) is 2. The van der Waals surface area contributed by atoms with E-state index in [0.717, 1.165) is 12.5 Å². The molecule has 0 atom stereocenters. The van der Waals surface area contributed by atoms with Crippen LogP contribution in [-0.4, -0.2) is 15.4 Å². The highest BCUT2D eigenvalue weighted by Crippen LogP contribution is 2.29. The maximum atomic E-state index is 5.31. The number of hydrogen-bond donors (Lipinski definition) is 0. The number of hydrogen-bond acceptors (Lipinski definition) is 4. The van der Waals surface area contributed by atoms with Crippen molar-refractivity contribution in [1.82, 2.24) is 8.75 Å². The van der Waals surface area contributed by atoms with Crippen molar-refractivity contribution in [3.05, 3.63) is 6.20 Å². The third-order valence-electron chi connectivity index (χ3n) is 1.50. The summed E-state index contributed by atoms with van der Waals surface area (Å²) in [6.45, 7) is 0.825. The largest absolute Gasteiger partial charge is 0.476 e. The molecule has 1 aliphatic carbocycles. The van der Waals surface area contributed by atoms with Gasteiger partial charge in [-0.05, 0) is 18.8 Å². The first kappa shape index (κ1) is 6.09. The summed E-state index contributed by atoms with van der Waals surface area (Å²) in [7, 11) is 0. The summed E-state index contributed by atoms with van der Waals surface area (Å²) in [6, 6.07) is 0. The Bertz CT molecular complexity index is 196. The van der Waals surface area contributed by atoms with Gasteiger partial charge in [0.1, 0.15) is 6.20 Å². The minimum absolute atomic E-state index is 0.678. The zero-order valence-electron chi connectivity index (χ0n) is 5.49. The van der Waals surface area contributed by atoms with Gasteiger partial charge in [0.15, 0.2) is 0 Å². The first-order chi connectivity index (χ1) is 4.95. The molecular weight excluding hydrogens is 148 g/mol. The number of aromatic nitrogens is 2. The third-order valence-corrected chi connectivity index (χ3v) is 1.97. The summed E-state index contributed by atoms with van der Waals surface area (Å²) in [5.41, 5.74) is 0. The summed E-state index contributed by atoms with van der Waals surface area (Å²) < 4.78 is 13.1. The first-order valence-electron chi connectivity index (χ1n) is 3.35. The zero-order valence-corrected chi connectivity index (χ0v) is 6.30. The van der Waals surface area contributed by atoms with Crippen LogP contribution in [-0.2, 0) is 0 Å². The summed E-state index contributed by atoms with van der Waals surface area (Å²) >= 11 is 1.19. The zero-order chi connectivity index (χ0) is 6.81. The first-order valence-corrected chi connectivity index (χ1v) is 4.08. The van der Waals surface area contributed by atoms with E-state index >= 15 is 0 Å². The Balaban J connectivity index is 1.79. The van der Waals surface area contributed by atoms with Gasteiger partial charge in [-0.3, -0.25) is 0 Å². The van der Waals surface area contributed by atoms with E-state index in [4.69, 9.17) is 4.74 Å². The molecule has 0 bridgehead atoms. The van der Waals surface area contributed by atoms with Crippen molar-refractivity contribution < 1.29 is 4.74 Å². The topological polar surface area (TPSA) is 35.0 Å². The molecule has 54 valence electrons. The normalized spacial score (nSPS) is 17.2. The van der Waals surface area contributed by atoms with Crippen LogP contribution in [0.5, 0.6) is 5.88 Å². The summed E-state index contributed by atoms with van der Waals surface area (Å²) in [4.78, 5) is 0. The maximum Gasteiger partial charge on any atom is 0.245 e. The molecule has 0 N–H and O–H groups in total. The monoisotopic (exact) mass is 156 g/mol. The Hall–Kier alpha value is -0.640. The van der Waals surface area contributed by atoms with E-state index in [1.54, 1.807) is 6.20 Å². The fraction of sp³-hybridized carbons (Fsp3) is 0.667. The predicted molar refractivity (Wildman–Crippen MR) is 38.1 cm³/mol. The highest BCUT2D eigenvalue weighted by molar-refractivity contribution is 6.99. The van der Waals surface area contributed by atoms with E-state index in [2.05, 4.69) is 8.75 Å². The van der Waals surface area contributed by atoms with Gasteiger partial charge < -0.3 is 4.74 Å². The van der Waals surface area contributed by atoms with E-state index in [1.807, 2.05) is 0 Å². The van der Waals surface area contributed by atoms with Gasteiger partial charge in [-0.15, -0.1) is 4.37 Å². The standard InChI is InChI=1S/C6H8N2OS/c1-2-5(1)4-9-6-3-7-10-8-6/h3,5H,1-2,4H2. The molecular formula is C6H8N2OS. The van der Waals surface area contributed by atoms with E-state index in [1.165, 1.54) is 24.6 Å². The van der Waals surface area contributed by atoms with Crippen LogP contribution in [0.15, 0.2) is 6.20 Å². The van der Waals surface area contributed by atoms with Crippen LogP contribution in [0.25, 0.3) is 0 Å². The lowest BCUT2D eigenvalue weighted by Crippen LogP contribution is -1.98. The van der Waals surface area contributed by atoms with Crippen molar-refractivity contribution in [3.63, 3.8) is 0 Å². The molecule has 0 unspecified atom stereocenters. The van der Waals surface area contributed by atoms with Gasteiger partial charge >= 0.3 is 0 Å². The highest BCUT2D eigenvalue weighted by atomic mass is 32.1. The molecule has 0 radical (unpaired) electrons. The third kappa shape index (κ3) is 1.44. The van der Waals surface area contributed by atoms with Crippen LogP contribution in [0.1, 0.15) is 12.8 Å². The average molecular weight is 156 g/mol. The average Bonchev–Trinajstić information content (AvgIpc) is 2.63. The molecule has 1 aromatic rings. The smallest absolute Gasteiger partial charge is 0.245 e. The molecule has 1 heterocycles. The summed E-state index contributed by atoms with van der Waals surface area (Å²) in [6.07, 6.45) is 4.29. The Morgan fingerprint density at radius 1 is 1.70 bits per heavy atom. The molecule has 10 heavy (non-hydrogen) atoms. The maximum absolute atomic E-state index is 5.31. The predicted octanol–water partition coefficient (Wildman–Crippen LogP) is 1.33. The highest BCUT2D eigenvalue weighted by Gasteiger charge is 2.22. The minimum Gasteiger partial charge on any atom is -0.476 e. The summed E-state index contributed by atoms with van der Waals surface area (Å²) in [5.74, 6) is 1.47. The minimum atomic E-state index is 0.678. The quantitative estimate of drug-likeness (QED) is 0.662. The SMILES string of the molecule is c1nsnc1OCC1CC1. The number of rotatable bonds is 3. The summed E-state index contributed by atoms with van der Waals surface area (Å²) in [5, 5.41) is 0. The van der Waals surface area contributed by atoms with Crippen molar-refractivity contribution in [2.24, 2.45) is 5.92 Å². The Kier molecular flexibility index (Phi) is 1.55. The Labute approximate surface area is 63.4 Å². The molecule has 3 nitrogen and oxygen atoms in total. The second kappa shape index (κ2) is 2.54. The van der Waals surface area contributed by atoms with Gasteiger partial charge in [0.25, 0.3) is 0 Å². The van der Waals surface area contributed by atoms with Gasteiger partial charge in [0.05, 0.1) is 18.3 Å². The second-order valence-electron chi connectivity index (χ2n) is 2.50. The lowest BCUT2D eigenvalue weighted by Gasteiger charge is -1.96. The molecule has 0 aromatic carbocycles. The Morgan fingerprint density at radius 2 is 2.60 bits per heavy atom. The van der Waals surface area contributed by atoms with Gasteiger partial charge in [0, 0.05) is 0 Å². The van der Waals surface area contributed by atoms with E-state index in [0.29, 0.717) is 5.88 Å². The molecule has 0 amide bonds. The molecule has 1 fully saturated rings. The fourth-order valence-electron chi connectivity index (χ4n) is 0.707. The second-order valence-corrected chi connectivity index (χ2v) is 3.06. The number of ether oxygens (including phenoxy) is 1. The van der Waals surface area contributed by atoms with Crippen molar-refractivity contribution >= 4 is 11.7 Å². The molecule has 1 aliphatic rings. The van der Waals surface area contributed by atoms with Gasteiger partial charge in [0.2, 0.25) is 5.88 Å². The van der Waals surface area contributed by atoms with Crippen molar-refractivity contribution in [1.29, 1.82) is 0 Å². The van der Waals surface area contributed by atoms with E-state index < -0.39 is 0 Å². The molecule has 0 spiro atoms. The van der Waals surface area contributed by atoms with Crippen LogP contribution < -0.4 is 4.74 Å². The molecule has 0 aliphatic heterocycles. The van der Waals surface area contributed by atoms with Crippen LogP contribution >= 0.6 is 11.7 Å². The van der Waals surface area contributed by atoms with Crippen LogP contribution in [0.4, 0.5) is 0 Å². The van der Waals surface area contributed by atoms with Gasteiger partial charge in [-0.25, -0.2) is 0 Å². The van der Waals surface area contributed by atoms with E-state index in [-0.39, 0.29) is 0 Å². The lowest BCUT2D eigenvalue weighted by molar-refractivity contribution is 0.291. The molecule has 2 rings (SSSR count). The van der Waals surface area contributed by atoms with Gasteiger partial charge in [-0.2, -0.15) is 4.37 Å². The lowest BCUT2D eigenvalue weighted by atomic mass is 10.5. The molecule has 0 saturated heterocycles. The van der Waals surface area contributed by atoms with Crippen LogP contribution in [0.2, 0.25) is 0 Å². The Morgan fingerprint density at radius 3 is 3.20 bits per heavy atom. The molecule has 1 aromatic heterocycles. The van der Waals surface area contributed by atoms with Crippen molar-refractivity contribution in [2.75, 3.05) is 6.61 Å². The molecule has 4 heteroatoms. The van der Waals surface area contributed by atoms with Crippen molar-refractivity contribution in [2.45, 2.75) is 12.8 Å². The van der Waals surface area contributed by atoms with Gasteiger partial charge in [-0.1, -0.05) is 0 Å². The van der Waals surface area contributed by atoms with Crippen molar-refractivity contribution in [3.8, 4) is 5.88 Å². The van der Waals surface area contributed by atoms with E-state index in [9.17, 15) is 0 Å². The molecule has 1 saturated carbocycles. The van der Waals surface area contributed by atoms with Crippen LogP contribution in [0.3, 0.4) is 0 Å². The fourth-order valence-corrected chi connectivity index (χ4v) is 1.07. The van der Waals surface area contributed by atoms with Crippen LogP contribution in [0, 0.1) is 5.92 Å².